The molecule has 0 unspecified atom stereocenters. The Kier molecular flexibility index (Phi) is 3.96. The molecule has 3 aromatic heterocycles. The number of pyridine rings is 1. The highest BCUT2D eigenvalue weighted by Crippen LogP contribution is 2.46. The van der Waals surface area contributed by atoms with E-state index < -0.39 is 0 Å². The summed E-state index contributed by atoms with van der Waals surface area (Å²) in [6.45, 7) is 5.32. The Morgan fingerprint density at radius 2 is 2.08 bits per heavy atom. The van der Waals surface area contributed by atoms with Crippen LogP contribution < -0.4 is 4.90 Å². The molecule has 3 aromatic rings. The maximum absolute atomic E-state index is 9.69. The van der Waals surface area contributed by atoms with Gasteiger partial charge in [-0.1, -0.05) is 0 Å². The van der Waals surface area contributed by atoms with Crippen LogP contribution in [0.4, 0.5) is 5.82 Å². The van der Waals surface area contributed by atoms with Crippen molar-refractivity contribution in [1.82, 2.24) is 15.0 Å². The minimum atomic E-state index is 0.0411. The van der Waals surface area contributed by atoms with Crippen molar-refractivity contribution in [2.24, 2.45) is 5.41 Å². The number of fused-ring (bicyclic) bond motifs is 1. The third-order valence-electron chi connectivity index (χ3n) is 5.16. The molecule has 0 spiro atoms. The van der Waals surface area contributed by atoms with Crippen molar-refractivity contribution in [3.8, 4) is 11.4 Å². The lowest BCUT2D eigenvalue weighted by Crippen LogP contribution is -2.29. The molecule has 0 atom stereocenters. The Hall–Kier alpha value is -2.05. The van der Waals surface area contributed by atoms with E-state index in [0.717, 1.165) is 41.0 Å². The summed E-state index contributed by atoms with van der Waals surface area (Å²) in [7, 11) is 2.07. The van der Waals surface area contributed by atoms with Crippen LogP contribution >= 0.6 is 11.3 Å². The monoisotopic (exact) mass is 354 g/mol. The van der Waals surface area contributed by atoms with Gasteiger partial charge in [0.15, 0.2) is 5.82 Å². The zero-order valence-electron chi connectivity index (χ0n) is 14.8. The summed E-state index contributed by atoms with van der Waals surface area (Å²) in [5.41, 5.74) is 2.21. The van der Waals surface area contributed by atoms with Gasteiger partial charge in [0.2, 0.25) is 0 Å². The molecule has 1 aliphatic carbocycles. The molecular formula is C19H22N4OS. The van der Waals surface area contributed by atoms with Gasteiger partial charge in [-0.15, -0.1) is 11.3 Å². The van der Waals surface area contributed by atoms with Gasteiger partial charge in [-0.25, -0.2) is 9.97 Å². The minimum absolute atomic E-state index is 0.0411. The average molecular weight is 354 g/mol. The molecule has 25 heavy (non-hydrogen) atoms. The van der Waals surface area contributed by atoms with Gasteiger partial charge < -0.3 is 10.0 Å². The van der Waals surface area contributed by atoms with Crippen LogP contribution in [0.1, 0.15) is 23.3 Å². The summed E-state index contributed by atoms with van der Waals surface area (Å²) in [6, 6.07) is 3.89. The number of aromatic nitrogens is 3. The standard InChI is InChI=1S/C19H22N4OS/c1-12-13(2)25-18-15(12)17(23(3)10-19(11-24)6-7-19)21-16(22-18)14-5-4-8-20-9-14/h4-5,8-9,24H,6-7,10-11H2,1-3H3. The van der Waals surface area contributed by atoms with Crippen molar-refractivity contribution in [2.45, 2.75) is 26.7 Å². The molecule has 6 heteroatoms. The second-order valence-corrected chi connectivity index (χ2v) is 8.29. The second kappa shape index (κ2) is 6.04. The van der Waals surface area contributed by atoms with E-state index in [1.165, 1.54) is 10.4 Å². The van der Waals surface area contributed by atoms with E-state index in [2.05, 4.69) is 30.8 Å². The Bertz CT molecular complexity index is 918. The van der Waals surface area contributed by atoms with Gasteiger partial charge in [-0.3, -0.25) is 4.98 Å². The van der Waals surface area contributed by atoms with Crippen LogP contribution in [-0.2, 0) is 0 Å². The van der Waals surface area contributed by atoms with Crippen LogP contribution in [0.5, 0.6) is 0 Å². The third-order valence-corrected chi connectivity index (χ3v) is 6.26. The van der Waals surface area contributed by atoms with Crippen molar-refractivity contribution in [2.75, 3.05) is 25.1 Å². The lowest BCUT2D eigenvalue weighted by atomic mass is 10.1. The van der Waals surface area contributed by atoms with Crippen LogP contribution in [0, 0.1) is 19.3 Å². The highest BCUT2D eigenvalue weighted by molar-refractivity contribution is 7.18. The largest absolute Gasteiger partial charge is 0.396 e. The summed E-state index contributed by atoms with van der Waals surface area (Å²) >= 11 is 1.71. The fourth-order valence-corrected chi connectivity index (χ4v) is 4.27. The van der Waals surface area contributed by atoms with Gasteiger partial charge in [0.1, 0.15) is 10.6 Å². The lowest BCUT2D eigenvalue weighted by molar-refractivity contribution is 0.215. The van der Waals surface area contributed by atoms with Gasteiger partial charge in [-0.05, 0) is 44.4 Å². The fraction of sp³-hybridized carbons (Fsp3) is 0.421. The second-order valence-electron chi connectivity index (χ2n) is 7.09. The highest BCUT2D eigenvalue weighted by atomic mass is 32.1. The Balaban J connectivity index is 1.85. The molecule has 4 rings (SSSR count). The van der Waals surface area contributed by atoms with Gasteiger partial charge in [-0.2, -0.15) is 0 Å². The quantitative estimate of drug-likeness (QED) is 0.759. The van der Waals surface area contributed by atoms with Crippen LogP contribution in [0.25, 0.3) is 21.6 Å². The van der Waals surface area contributed by atoms with Gasteiger partial charge in [0, 0.05) is 41.8 Å². The summed E-state index contributed by atoms with van der Waals surface area (Å²) in [4.78, 5) is 18.4. The molecule has 1 aliphatic rings. The van der Waals surface area contributed by atoms with E-state index in [0.29, 0.717) is 5.82 Å². The van der Waals surface area contributed by atoms with Crippen molar-refractivity contribution in [1.29, 1.82) is 0 Å². The molecule has 1 N–H and O–H groups in total. The molecule has 0 aromatic carbocycles. The van der Waals surface area contributed by atoms with E-state index in [-0.39, 0.29) is 12.0 Å². The smallest absolute Gasteiger partial charge is 0.164 e. The third kappa shape index (κ3) is 2.89. The number of hydrogen-bond donors (Lipinski definition) is 1. The Morgan fingerprint density at radius 3 is 2.72 bits per heavy atom. The number of aliphatic hydroxyl groups excluding tert-OH is 1. The number of thiophene rings is 1. The molecule has 5 nitrogen and oxygen atoms in total. The van der Waals surface area contributed by atoms with E-state index in [1.807, 2.05) is 12.1 Å². The number of nitrogens with zero attached hydrogens (tertiary/aromatic N) is 4. The SMILES string of the molecule is Cc1sc2nc(-c3cccnc3)nc(N(C)CC3(CO)CC3)c2c1C. The Labute approximate surface area is 151 Å². The van der Waals surface area contributed by atoms with Gasteiger partial charge >= 0.3 is 0 Å². The normalized spacial score (nSPS) is 15.5. The maximum Gasteiger partial charge on any atom is 0.164 e. The van der Waals surface area contributed by atoms with Crippen molar-refractivity contribution >= 4 is 27.4 Å². The predicted molar refractivity (Wildman–Crippen MR) is 102 cm³/mol. The summed E-state index contributed by atoms with van der Waals surface area (Å²) in [6.07, 6.45) is 5.72. The molecule has 1 saturated carbocycles. The molecular weight excluding hydrogens is 332 g/mol. The van der Waals surface area contributed by atoms with E-state index in [4.69, 9.17) is 9.97 Å². The highest BCUT2D eigenvalue weighted by Gasteiger charge is 2.43. The van der Waals surface area contributed by atoms with Crippen molar-refractivity contribution in [3.63, 3.8) is 0 Å². The van der Waals surface area contributed by atoms with Gasteiger partial charge in [0.05, 0.1) is 12.0 Å². The van der Waals surface area contributed by atoms with Crippen molar-refractivity contribution < 1.29 is 5.11 Å². The van der Waals surface area contributed by atoms with Gasteiger partial charge in [0.25, 0.3) is 0 Å². The maximum atomic E-state index is 9.69. The first-order valence-corrected chi connectivity index (χ1v) is 9.35. The zero-order valence-corrected chi connectivity index (χ0v) is 15.6. The van der Waals surface area contributed by atoms with E-state index in [9.17, 15) is 5.11 Å². The van der Waals surface area contributed by atoms with Crippen molar-refractivity contribution in [3.05, 3.63) is 35.0 Å². The molecule has 0 amide bonds. The minimum Gasteiger partial charge on any atom is -0.396 e. The van der Waals surface area contributed by atoms with Crippen LogP contribution in [0.2, 0.25) is 0 Å². The van der Waals surface area contributed by atoms with Crippen LogP contribution in [0.3, 0.4) is 0 Å². The summed E-state index contributed by atoms with van der Waals surface area (Å²) in [5.74, 6) is 1.66. The number of anilines is 1. The van der Waals surface area contributed by atoms with E-state index >= 15 is 0 Å². The first-order valence-electron chi connectivity index (χ1n) is 8.53. The molecule has 130 valence electrons. The molecule has 3 heterocycles. The number of aliphatic hydroxyl groups is 1. The molecule has 0 bridgehead atoms. The fourth-order valence-electron chi connectivity index (χ4n) is 3.25. The molecule has 0 saturated heterocycles. The zero-order chi connectivity index (χ0) is 17.6. The number of rotatable bonds is 5. The van der Waals surface area contributed by atoms with E-state index in [1.54, 1.807) is 23.7 Å². The number of aryl methyl sites for hydroxylation is 2. The molecule has 0 radical (unpaired) electrons. The first-order chi connectivity index (χ1) is 12.0. The molecule has 0 aliphatic heterocycles. The lowest BCUT2D eigenvalue weighted by Gasteiger charge is -2.24. The van der Waals surface area contributed by atoms with Crippen LogP contribution in [-0.4, -0.2) is 40.3 Å². The number of hydrogen-bond acceptors (Lipinski definition) is 6. The predicted octanol–water partition coefficient (Wildman–Crippen LogP) is 3.58. The van der Waals surface area contributed by atoms with Crippen LogP contribution in [0.15, 0.2) is 24.5 Å². The topological polar surface area (TPSA) is 62.1 Å². The average Bonchev–Trinajstić information content (AvgIpc) is 3.34. The molecule has 1 fully saturated rings. The Morgan fingerprint density at radius 1 is 1.28 bits per heavy atom. The first kappa shape index (κ1) is 16.4. The summed E-state index contributed by atoms with van der Waals surface area (Å²) < 4.78 is 0. The summed E-state index contributed by atoms with van der Waals surface area (Å²) in [5, 5.41) is 10.8.